The van der Waals surface area contributed by atoms with Gasteiger partial charge in [-0.05, 0) is 78.2 Å². The first-order chi connectivity index (χ1) is 16.1. The molecule has 0 radical (unpaired) electrons. The largest absolute Gasteiger partial charge is 0.390 e. The Balaban J connectivity index is 1.49. The Labute approximate surface area is 204 Å². The molecule has 0 spiro atoms. The number of aliphatic hydroxyl groups is 2. The molecule has 182 valence electrons. The van der Waals surface area contributed by atoms with Gasteiger partial charge in [0.05, 0.1) is 32.9 Å². The average molecular weight is 483 g/mol. The van der Waals surface area contributed by atoms with Crippen molar-refractivity contribution >= 4 is 33.3 Å². The number of pyridine rings is 1. The van der Waals surface area contributed by atoms with E-state index in [1.54, 1.807) is 11.3 Å². The van der Waals surface area contributed by atoms with E-state index in [1.807, 2.05) is 40.0 Å². The highest BCUT2D eigenvalue weighted by Crippen LogP contribution is 2.40. The Bertz CT molecular complexity index is 1200. The molecule has 2 aliphatic carbocycles. The minimum atomic E-state index is -0.691. The normalized spacial score (nSPS) is 22.1. The molecule has 2 aliphatic rings. The lowest BCUT2D eigenvalue weighted by Crippen LogP contribution is -2.43. The second-order valence-electron chi connectivity index (χ2n) is 10.6. The quantitative estimate of drug-likeness (QED) is 0.390. The van der Waals surface area contributed by atoms with Gasteiger partial charge in [-0.25, -0.2) is 9.97 Å². The van der Waals surface area contributed by atoms with Crippen LogP contribution in [0.5, 0.6) is 0 Å². The first-order valence-electron chi connectivity index (χ1n) is 12.2. The van der Waals surface area contributed by atoms with Crippen LogP contribution in [-0.4, -0.2) is 53.9 Å². The monoisotopic (exact) mass is 482 g/mol. The number of nitrogens with one attached hydrogen (secondary N) is 2. The summed E-state index contributed by atoms with van der Waals surface area (Å²) in [7, 11) is 0. The van der Waals surface area contributed by atoms with E-state index in [9.17, 15) is 10.2 Å². The molecule has 3 heterocycles. The number of aromatic nitrogens is 4. The molecular formula is C25H34N6O2S. The zero-order valence-corrected chi connectivity index (χ0v) is 21.2. The van der Waals surface area contributed by atoms with Crippen molar-refractivity contribution in [3.05, 3.63) is 23.7 Å². The summed E-state index contributed by atoms with van der Waals surface area (Å²) < 4.78 is 1.09. The van der Waals surface area contributed by atoms with Gasteiger partial charge in [-0.15, -0.1) is 11.3 Å². The van der Waals surface area contributed by atoms with Crippen LogP contribution in [-0.2, 0) is 0 Å². The van der Waals surface area contributed by atoms with Gasteiger partial charge in [-0.2, -0.15) is 4.98 Å². The maximum atomic E-state index is 10.5. The van der Waals surface area contributed by atoms with E-state index in [0.717, 1.165) is 76.5 Å². The van der Waals surface area contributed by atoms with Gasteiger partial charge >= 0.3 is 0 Å². The van der Waals surface area contributed by atoms with Crippen LogP contribution in [0.25, 0.3) is 20.8 Å². The second kappa shape index (κ2) is 8.70. The van der Waals surface area contributed by atoms with Gasteiger partial charge in [0.15, 0.2) is 0 Å². The highest BCUT2D eigenvalue weighted by atomic mass is 32.1. The highest BCUT2D eigenvalue weighted by Gasteiger charge is 2.36. The maximum Gasteiger partial charge on any atom is 0.225 e. The van der Waals surface area contributed by atoms with Crippen LogP contribution in [0, 0.1) is 19.8 Å². The van der Waals surface area contributed by atoms with Crippen LogP contribution in [0.15, 0.2) is 12.3 Å². The van der Waals surface area contributed by atoms with Crippen LogP contribution in [0.3, 0.4) is 0 Å². The number of anilines is 2. The summed E-state index contributed by atoms with van der Waals surface area (Å²) in [5.41, 5.74) is 2.20. The van der Waals surface area contributed by atoms with Crippen molar-refractivity contribution in [1.82, 2.24) is 19.9 Å². The number of hydrogen-bond donors (Lipinski definition) is 4. The van der Waals surface area contributed by atoms with Crippen LogP contribution < -0.4 is 10.6 Å². The number of nitrogens with zero attached hydrogens (tertiary/aromatic N) is 4. The molecule has 3 aromatic rings. The van der Waals surface area contributed by atoms with E-state index in [2.05, 4.69) is 15.6 Å². The summed E-state index contributed by atoms with van der Waals surface area (Å²) in [6.45, 7) is 8.19. The standard InChI is InChI=1S/C25H34N6O2S/c1-14-19(22-30-20-15(2)26-11-8-18(20)34-22)21(29-17-7-6-16(12-17)24(3,4)32)31-23(28-14)27-13-25(33)9-5-10-25/h8,11,16-17,32-33H,5-7,9-10,12-13H2,1-4H3,(H2,27,28,29,31). The summed E-state index contributed by atoms with van der Waals surface area (Å²) in [5, 5.41) is 28.8. The lowest BCUT2D eigenvalue weighted by molar-refractivity contribution is -0.0203. The predicted molar refractivity (Wildman–Crippen MR) is 136 cm³/mol. The third-order valence-electron chi connectivity index (χ3n) is 7.43. The summed E-state index contributed by atoms with van der Waals surface area (Å²) in [6, 6.07) is 2.21. The fourth-order valence-corrected chi connectivity index (χ4v) is 6.16. The molecule has 2 atom stereocenters. The zero-order valence-electron chi connectivity index (χ0n) is 20.4. The molecule has 9 heteroatoms. The molecule has 8 nitrogen and oxygen atoms in total. The number of aryl methyl sites for hydroxylation is 2. The van der Waals surface area contributed by atoms with Gasteiger partial charge in [0, 0.05) is 18.8 Å². The molecule has 2 fully saturated rings. The Hall–Kier alpha value is -2.36. The van der Waals surface area contributed by atoms with Gasteiger partial charge in [0.25, 0.3) is 0 Å². The Morgan fingerprint density at radius 3 is 2.59 bits per heavy atom. The number of fused-ring (bicyclic) bond motifs is 1. The fourth-order valence-electron chi connectivity index (χ4n) is 5.05. The number of rotatable bonds is 7. The zero-order chi connectivity index (χ0) is 24.1. The van der Waals surface area contributed by atoms with Gasteiger partial charge in [-0.1, -0.05) is 0 Å². The van der Waals surface area contributed by atoms with Gasteiger partial charge < -0.3 is 20.8 Å². The Kier molecular flexibility index (Phi) is 5.98. The van der Waals surface area contributed by atoms with Crippen molar-refractivity contribution in [2.45, 2.75) is 83.5 Å². The van der Waals surface area contributed by atoms with Crippen molar-refractivity contribution in [3.8, 4) is 10.6 Å². The SMILES string of the molecule is Cc1nc(NCC2(O)CCC2)nc(NC2CCC(C(C)(C)O)C2)c1-c1nc2c(C)nccc2s1. The summed E-state index contributed by atoms with van der Waals surface area (Å²) in [4.78, 5) is 18.9. The van der Waals surface area contributed by atoms with Crippen molar-refractivity contribution in [2.75, 3.05) is 17.2 Å². The smallest absolute Gasteiger partial charge is 0.225 e. The van der Waals surface area contributed by atoms with Crippen molar-refractivity contribution in [2.24, 2.45) is 5.92 Å². The Morgan fingerprint density at radius 2 is 1.94 bits per heavy atom. The first kappa shape index (κ1) is 23.4. The summed E-state index contributed by atoms with van der Waals surface area (Å²) >= 11 is 1.62. The van der Waals surface area contributed by atoms with Gasteiger partial charge in [0.1, 0.15) is 16.3 Å². The summed E-state index contributed by atoms with van der Waals surface area (Å²) in [5.74, 6) is 1.51. The van der Waals surface area contributed by atoms with Crippen LogP contribution in [0.2, 0.25) is 0 Å². The minimum Gasteiger partial charge on any atom is -0.390 e. The van der Waals surface area contributed by atoms with E-state index >= 15 is 0 Å². The molecule has 0 aliphatic heterocycles. The highest BCUT2D eigenvalue weighted by molar-refractivity contribution is 7.21. The van der Waals surface area contributed by atoms with Crippen LogP contribution in [0.1, 0.15) is 63.8 Å². The average Bonchev–Trinajstić information content (AvgIpc) is 3.38. The number of thiazole rings is 1. The van der Waals surface area contributed by atoms with Crippen LogP contribution in [0.4, 0.5) is 11.8 Å². The topological polar surface area (TPSA) is 116 Å². The van der Waals surface area contributed by atoms with Gasteiger partial charge in [0.2, 0.25) is 5.95 Å². The van der Waals surface area contributed by atoms with E-state index < -0.39 is 11.2 Å². The third-order valence-corrected chi connectivity index (χ3v) is 8.46. The fraction of sp³-hybridized carbons (Fsp3) is 0.600. The molecule has 3 aromatic heterocycles. The van der Waals surface area contributed by atoms with Gasteiger partial charge in [-0.3, -0.25) is 4.98 Å². The molecule has 0 bridgehead atoms. The third kappa shape index (κ3) is 4.61. The van der Waals surface area contributed by atoms with E-state index in [0.29, 0.717) is 12.5 Å². The van der Waals surface area contributed by atoms with E-state index in [4.69, 9.17) is 15.0 Å². The van der Waals surface area contributed by atoms with Crippen molar-refractivity contribution < 1.29 is 10.2 Å². The molecule has 5 rings (SSSR count). The lowest BCUT2D eigenvalue weighted by Gasteiger charge is -2.36. The predicted octanol–water partition coefficient (Wildman–Crippen LogP) is 4.44. The van der Waals surface area contributed by atoms with Crippen LogP contribution >= 0.6 is 11.3 Å². The molecule has 2 unspecified atom stereocenters. The molecular weight excluding hydrogens is 448 g/mol. The Morgan fingerprint density at radius 1 is 1.15 bits per heavy atom. The molecule has 0 saturated heterocycles. The van der Waals surface area contributed by atoms with E-state index in [1.165, 1.54) is 0 Å². The first-order valence-corrected chi connectivity index (χ1v) is 13.0. The summed E-state index contributed by atoms with van der Waals surface area (Å²) in [6.07, 6.45) is 7.32. The molecule has 2 saturated carbocycles. The van der Waals surface area contributed by atoms with Crippen molar-refractivity contribution in [1.29, 1.82) is 0 Å². The molecule has 4 N–H and O–H groups in total. The minimum absolute atomic E-state index is 0.214. The molecule has 34 heavy (non-hydrogen) atoms. The molecule has 0 aromatic carbocycles. The maximum absolute atomic E-state index is 10.5. The number of hydrogen-bond acceptors (Lipinski definition) is 9. The molecule has 0 amide bonds. The second-order valence-corrected chi connectivity index (χ2v) is 11.6. The van der Waals surface area contributed by atoms with Crippen molar-refractivity contribution in [3.63, 3.8) is 0 Å². The lowest BCUT2D eigenvalue weighted by atomic mass is 9.80. The van der Waals surface area contributed by atoms with E-state index in [-0.39, 0.29) is 12.0 Å².